The molecular weight excluding hydrogens is 752 g/mol. The molecule has 16 atom stereocenters. The molecule has 0 aromatic carbocycles. The lowest BCUT2D eigenvalue weighted by atomic mass is 9.88. The molecule has 0 saturated carbocycles. The highest BCUT2D eigenvalue weighted by Crippen LogP contribution is 2.38. The highest BCUT2D eigenvalue weighted by atomic mass is 16.8. The summed E-state index contributed by atoms with van der Waals surface area (Å²) in [6.07, 6.45) is -17.9. The Labute approximate surface area is 324 Å². The van der Waals surface area contributed by atoms with Crippen LogP contribution in [-0.4, -0.2) is 191 Å². The number of aliphatic hydroxyl groups excluding tert-OH is 10. The number of carboxylic acid groups (broad SMARTS) is 1. The maximum atomic E-state index is 12.8. The number of ether oxygens (including phenoxy) is 5. The van der Waals surface area contributed by atoms with E-state index >= 15 is 0 Å². The lowest BCUT2D eigenvalue weighted by molar-refractivity contribution is -0.381. The third kappa shape index (κ3) is 12.4. The van der Waals surface area contributed by atoms with Crippen molar-refractivity contribution in [3.8, 4) is 0 Å². The van der Waals surface area contributed by atoms with Gasteiger partial charge in [-0.25, -0.2) is 4.79 Å². The molecule has 0 aromatic rings. The van der Waals surface area contributed by atoms with Gasteiger partial charge in [-0.3, -0.25) is 9.59 Å². The van der Waals surface area contributed by atoms with Crippen LogP contribution in [0, 0.1) is 0 Å². The van der Waals surface area contributed by atoms with Crippen molar-refractivity contribution in [3.05, 3.63) is 0 Å². The lowest BCUT2D eigenvalue weighted by Crippen LogP contribution is -2.71. The molecule has 21 heteroatoms. The molecule has 326 valence electrons. The molecule has 3 unspecified atom stereocenters. The van der Waals surface area contributed by atoms with Gasteiger partial charge in [0.05, 0.1) is 32.0 Å². The molecule has 13 N–H and O–H groups in total. The summed E-state index contributed by atoms with van der Waals surface area (Å²) in [7, 11) is 0. The number of carboxylic acids is 1. The number of rotatable bonds is 22. The Balaban J connectivity index is 1.73. The molecule has 0 bridgehead atoms. The van der Waals surface area contributed by atoms with Crippen molar-refractivity contribution >= 4 is 17.8 Å². The number of hydrogen-bond acceptors (Lipinski definition) is 18. The van der Waals surface area contributed by atoms with Gasteiger partial charge in [-0.15, -0.1) is 0 Å². The molecule has 3 aliphatic heterocycles. The Kier molecular flexibility index (Phi) is 19.6. The van der Waals surface area contributed by atoms with Crippen molar-refractivity contribution in [1.29, 1.82) is 0 Å². The summed E-state index contributed by atoms with van der Waals surface area (Å²) < 4.78 is 28.1. The van der Waals surface area contributed by atoms with Gasteiger partial charge in [-0.05, 0) is 6.42 Å². The third-order valence-corrected chi connectivity index (χ3v) is 10.3. The predicted octanol–water partition coefficient (Wildman–Crippen LogP) is -4.18. The predicted molar refractivity (Wildman–Crippen MR) is 188 cm³/mol. The molecule has 3 fully saturated rings. The molecule has 3 saturated heterocycles. The minimum Gasteiger partial charge on any atom is -0.477 e. The number of aliphatic hydroxyl groups is 10. The topological polar surface area (TPSA) is 344 Å². The second kappa shape index (κ2) is 22.8. The van der Waals surface area contributed by atoms with Gasteiger partial charge >= 0.3 is 5.97 Å². The molecule has 0 radical (unpaired) electrons. The SMILES string of the molecule is CCCCCCCCCCCC(=O)NC1O[C@H](CO)[C@@H](O[C@@H]2O[C@H](CO)[C@H](O)[C@H](O[C@]3(C(=O)O)C[C@H](O)[C@@H](NC(C)=O)[C@@H](C(O)C(O)CO)O3)[C@H]2O)[C@H](O)[C@H]1O. The fourth-order valence-corrected chi connectivity index (χ4v) is 7.13. The van der Waals surface area contributed by atoms with E-state index in [9.17, 15) is 70.6 Å². The monoisotopic (exact) mass is 814 g/mol. The highest BCUT2D eigenvalue weighted by molar-refractivity contribution is 5.77. The number of amides is 2. The first kappa shape index (κ1) is 48.2. The maximum absolute atomic E-state index is 12.8. The number of nitrogens with one attached hydrogen (secondary N) is 2. The summed E-state index contributed by atoms with van der Waals surface area (Å²) in [6.45, 7) is 0.324. The summed E-state index contributed by atoms with van der Waals surface area (Å²) in [4.78, 5) is 37.3. The largest absolute Gasteiger partial charge is 0.477 e. The standard InChI is InChI=1S/C35H62N2O19/c1-3-4-5-6-7-8-9-10-11-12-22(44)37-32-27(48)26(47)29(21(16-40)52-32)54-33-28(49)31(25(46)20(15-39)53-33)56-35(34(50)51)13-18(42)23(36-17(2)41)30(55-35)24(45)19(43)14-38/h18-21,23-33,38-40,42-43,45-49H,3-16H2,1-2H3,(H,36,41)(H,37,44)(H,50,51)/t18-,19?,20+,21+,23+,24?,25-,26+,27+,28+,29+,30-,31-,32?,33-,35-/m0/s1. The Hall–Kier alpha value is -2.19. The van der Waals surface area contributed by atoms with Crippen LogP contribution in [0.15, 0.2) is 0 Å². The molecule has 3 heterocycles. The lowest BCUT2D eigenvalue weighted by Gasteiger charge is -2.50. The van der Waals surface area contributed by atoms with Crippen LogP contribution in [-0.2, 0) is 38.1 Å². The summed E-state index contributed by atoms with van der Waals surface area (Å²) in [5.74, 6) is -6.23. The summed E-state index contributed by atoms with van der Waals surface area (Å²) in [5.41, 5.74) is 0. The van der Waals surface area contributed by atoms with E-state index in [1.54, 1.807) is 0 Å². The van der Waals surface area contributed by atoms with E-state index in [-0.39, 0.29) is 6.42 Å². The van der Waals surface area contributed by atoms with Crippen LogP contribution in [0.5, 0.6) is 0 Å². The zero-order valence-corrected chi connectivity index (χ0v) is 31.7. The molecular formula is C35H62N2O19. The van der Waals surface area contributed by atoms with E-state index in [0.29, 0.717) is 6.42 Å². The van der Waals surface area contributed by atoms with Gasteiger partial charge < -0.3 is 90.5 Å². The van der Waals surface area contributed by atoms with Gasteiger partial charge in [0.1, 0.15) is 67.1 Å². The smallest absolute Gasteiger partial charge is 0.364 e. The summed E-state index contributed by atoms with van der Waals surface area (Å²) >= 11 is 0. The van der Waals surface area contributed by atoms with E-state index in [4.69, 9.17) is 23.7 Å². The molecule has 0 aromatic heterocycles. The average molecular weight is 815 g/mol. The molecule has 3 rings (SSSR count). The van der Waals surface area contributed by atoms with E-state index in [1.807, 2.05) is 0 Å². The molecule has 0 spiro atoms. The Morgan fingerprint density at radius 3 is 1.95 bits per heavy atom. The Bertz CT molecular complexity index is 1220. The first-order valence-corrected chi connectivity index (χ1v) is 19.3. The fourth-order valence-electron chi connectivity index (χ4n) is 7.13. The van der Waals surface area contributed by atoms with Gasteiger partial charge in [0.25, 0.3) is 5.79 Å². The van der Waals surface area contributed by atoms with Gasteiger partial charge in [-0.1, -0.05) is 58.3 Å². The van der Waals surface area contributed by atoms with Crippen LogP contribution in [0.4, 0.5) is 0 Å². The minimum absolute atomic E-state index is 0.116. The Morgan fingerprint density at radius 1 is 0.786 bits per heavy atom. The van der Waals surface area contributed by atoms with Crippen LogP contribution in [0.1, 0.15) is 84.5 Å². The second-order valence-electron chi connectivity index (χ2n) is 14.7. The minimum atomic E-state index is -3.04. The highest BCUT2D eigenvalue weighted by Gasteiger charge is 2.60. The first-order chi connectivity index (χ1) is 26.5. The summed E-state index contributed by atoms with van der Waals surface area (Å²) in [5, 5.41) is 121. The van der Waals surface area contributed by atoms with Gasteiger partial charge in [0.15, 0.2) is 12.5 Å². The molecule has 0 aliphatic carbocycles. The van der Waals surface area contributed by atoms with Crippen LogP contribution in [0.2, 0.25) is 0 Å². The van der Waals surface area contributed by atoms with E-state index < -0.39 is 142 Å². The zero-order chi connectivity index (χ0) is 41.7. The van der Waals surface area contributed by atoms with E-state index in [0.717, 1.165) is 32.6 Å². The van der Waals surface area contributed by atoms with Gasteiger partial charge in [-0.2, -0.15) is 0 Å². The van der Waals surface area contributed by atoms with Crippen LogP contribution in [0.3, 0.4) is 0 Å². The third-order valence-electron chi connectivity index (χ3n) is 10.3. The fraction of sp³-hybridized carbons (Fsp3) is 0.914. The second-order valence-corrected chi connectivity index (χ2v) is 14.7. The number of hydrogen-bond donors (Lipinski definition) is 13. The van der Waals surface area contributed by atoms with Crippen molar-refractivity contribution in [3.63, 3.8) is 0 Å². The quantitative estimate of drug-likeness (QED) is 0.0461. The molecule has 21 nitrogen and oxygen atoms in total. The van der Waals surface area contributed by atoms with Crippen molar-refractivity contribution in [2.24, 2.45) is 0 Å². The first-order valence-electron chi connectivity index (χ1n) is 19.3. The average Bonchev–Trinajstić information content (AvgIpc) is 3.16. The van der Waals surface area contributed by atoms with E-state index in [2.05, 4.69) is 17.6 Å². The molecule has 56 heavy (non-hydrogen) atoms. The maximum Gasteiger partial charge on any atom is 0.364 e. The Morgan fingerprint density at radius 2 is 1.39 bits per heavy atom. The number of unbranched alkanes of at least 4 members (excludes halogenated alkanes) is 8. The molecule has 3 aliphatic rings. The van der Waals surface area contributed by atoms with Crippen molar-refractivity contribution in [2.75, 3.05) is 19.8 Å². The van der Waals surface area contributed by atoms with E-state index in [1.165, 1.54) is 25.7 Å². The van der Waals surface area contributed by atoms with Crippen molar-refractivity contribution in [2.45, 2.75) is 182 Å². The molecule has 2 amide bonds. The van der Waals surface area contributed by atoms with Crippen molar-refractivity contribution < 1.29 is 94.2 Å². The van der Waals surface area contributed by atoms with Crippen molar-refractivity contribution in [1.82, 2.24) is 10.6 Å². The van der Waals surface area contributed by atoms with Gasteiger partial charge in [0, 0.05) is 19.8 Å². The van der Waals surface area contributed by atoms with Crippen LogP contribution in [0.25, 0.3) is 0 Å². The normalized spacial score (nSPS) is 37.4. The zero-order valence-electron chi connectivity index (χ0n) is 31.7. The van der Waals surface area contributed by atoms with Crippen LogP contribution < -0.4 is 10.6 Å². The van der Waals surface area contributed by atoms with Gasteiger partial charge in [0.2, 0.25) is 11.8 Å². The number of carbonyl (C=O) groups excluding carboxylic acids is 2. The number of aliphatic carboxylic acids is 1. The summed E-state index contributed by atoms with van der Waals surface area (Å²) in [6, 6.07) is -1.55. The van der Waals surface area contributed by atoms with Crippen LogP contribution >= 0.6 is 0 Å². The number of carbonyl (C=O) groups is 3.